The van der Waals surface area contributed by atoms with Gasteiger partial charge >= 0.3 is 0 Å². The lowest BCUT2D eigenvalue weighted by molar-refractivity contribution is 0.403. The molecule has 6 heteroatoms. The predicted molar refractivity (Wildman–Crippen MR) is 238 cm³/mol. The van der Waals surface area contributed by atoms with Crippen LogP contribution in [-0.2, 0) is 27.1 Å². The molecule has 0 amide bonds. The van der Waals surface area contributed by atoms with E-state index in [-0.39, 0.29) is 33.8 Å². The van der Waals surface area contributed by atoms with E-state index < -0.39 is 0 Å². The van der Waals surface area contributed by atoms with Crippen LogP contribution < -0.4 is 25.5 Å². The number of rotatable bonds is 2. The lowest BCUT2D eigenvalue weighted by Crippen LogP contribution is -2.61. The van der Waals surface area contributed by atoms with Crippen LogP contribution in [-0.4, -0.2) is 16.7 Å². The van der Waals surface area contributed by atoms with Crippen LogP contribution in [0.3, 0.4) is 0 Å². The molecule has 1 aliphatic carbocycles. The van der Waals surface area contributed by atoms with E-state index in [9.17, 15) is 0 Å². The van der Waals surface area contributed by atoms with Gasteiger partial charge in [-0.1, -0.05) is 126 Å². The van der Waals surface area contributed by atoms with E-state index in [0.29, 0.717) is 0 Å². The van der Waals surface area contributed by atoms with Crippen LogP contribution >= 0.6 is 11.3 Å². The summed E-state index contributed by atoms with van der Waals surface area (Å²) in [4.78, 5) is 15.4. The molecule has 0 unspecified atom stereocenters. The summed E-state index contributed by atoms with van der Waals surface area (Å²) in [5.74, 6) is 1.93. The number of aromatic nitrogens is 2. The highest BCUT2D eigenvalue weighted by Crippen LogP contribution is 2.53. The molecule has 0 saturated heterocycles. The fourth-order valence-corrected chi connectivity index (χ4v) is 11.1. The molecule has 3 aliphatic rings. The fourth-order valence-electron chi connectivity index (χ4n) is 9.83. The van der Waals surface area contributed by atoms with Crippen molar-refractivity contribution < 1.29 is 0 Å². The molecule has 0 N–H and O–H groups in total. The predicted octanol–water partition coefficient (Wildman–Crippen LogP) is 11.6. The molecule has 4 nitrogen and oxygen atoms in total. The van der Waals surface area contributed by atoms with E-state index in [4.69, 9.17) is 9.97 Å². The summed E-state index contributed by atoms with van der Waals surface area (Å²) < 4.78 is 2.67. The maximum atomic E-state index is 5.30. The average Bonchev–Trinajstić information content (AvgIpc) is 3.56. The molecule has 4 heterocycles. The first-order valence-electron chi connectivity index (χ1n) is 20.1. The first-order chi connectivity index (χ1) is 25.6. The largest absolute Gasteiger partial charge is 0.296 e. The van der Waals surface area contributed by atoms with E-state index in [1.54, 1.807) is 6.33 Å². The summed E-state index contributed by atoms with van der Waals surface area (Å²) in [7, 11) is 0. The quantitative estimate of drug-likeness (QED) is 0.165. The molecule has 0 fully saturated rings. The minimum atomic E-state index is -0.0138. The van der Waals surface area contributed by atoms with Gasteiger partial charge < -0.3 is 0 Å². The summed E-state index contributed by atoms with van der Waals surface area (Å²) >= 11 is 1.94. The highest BCUT2D eigenvalue weighted by atomic mass is 32.1. The number of nitrogens with zero attached hydrogens (tertiary/aromatic N) is 4. The van der Waals surface area contributed by atoms with Crippen LogP contribution in [0.25, 0.3) is 10.1 Å². The van der Waals surface area contributed by atoms with Crippen molar-refractivity contribution in [3.05, 3.63) is 113 Å². The smallest absolute Gasteiger partial charge is 0.268 e. The van der Waals surface area contributed by atoms with Crippen LogP contribution in [0.2, 0.25) is 0 Å². The number of thiophene rings is 1. The van der Waals surface area contributed by atoms with Gasteiger partial charge in [-0.2, -0.15) is 0 Å². The minimum absolute atomic E-state index is 0.0131. The van der Waals surface area contributed by atoms with Crippen molar-refractivity contribution in [3.63, 3.8) is 0 Å². The molecular weight excluding hydrogens is 687 g/mol. The molecule has 2 aliphatic heterocycles. The third kappa shape index (κ3) is 5.52. The number of anilines is 6. The molecule has 2 aromatic heterocycles. The van der Waals surface area contributed by atoms with E-state index >= 15 is 0 Å². The van der Waals surface area contributed by atoms with Crippen molar-refractivity contribution in [1.82, 2.24) is 9.97 Å². The molecule has 0 radical (unpaired) electrons. The van der Waals surface area contributed by atoms with Crippen molar-refractivity contribution in [2.45, 2.75) is 124 Å². The summed E-state index contributed by atoms with van der Waals surface area (Å²) in [6.07, 6.45) is 2.92. The Morgan fingerprint density at radius 1 is 0.600 bits per heavy atom. The van der Waals surface area contributed by atoms with Gasteiger partial charge in [0.05, 0.1) is 5.69 Å². The zero-order valence-electron chi connectivity index (χ0n) is 35.1. The van der Waals surface area contributed by atoms with Gasteiger partial charge in [-0.05, 0) is 109 Å². The lowest BCUT2D eigenvalue weighted by Gasteiger charge is -2.42. The summed E-state index contributed by atoms with van der Waals surface area (Å²) in [6, 6.07) is 30.7. The van der Waals surface area contributed by atoms with Crippen LogP contribution in [0.4, 0.5) is 34.4 Å². The molecule has 0 bridgehead atoms. The molecule has 55 heavy (non-hydrogen) atoms. The van der Waals surface area contributed by atoms with E-state index in [1.165, 1.54) is 70.7 Å². The molecule has 6 aromatic rings. The number of fused-ring (bicyclic) bond motifs is 7. The standard InChI is InChI=1S/C49H55BN4S/c1-45(2,3)29-14-18-32(19-15-29)53-38-22-16-31(47(7,8)9)25-37(38)50-40-43(53)51-28-52-44(40)54(33-20-21-35-36(26-33)49(12,13)27-48(35,10)11)41-34-24-30(46(4,5)6)17-23-39(34)55-42(41)50/h14-26,28H,27H2,1-13H3. The molecule has 0 saturated carbocycles. The summed E-state index contributed by atoms with van der Waals surface area (Å²) in [6.45, 7) is 30.4. The first kappa shape index (κ1) is 36.2. The Balaban J connectivity index is 1.37. The monoisotopic (exact) mass is 742 g/mol. The van der Waals surface area contributed by atoms with Crippen LogP contribution in [0.5, 0.6) is 0 Å². The van der Waals surface area contributed by atoms with Gasteiger partial charge in [0.1, 0.15) is 18.0 Å². The zero-order valence-corrected chi connectivity index (χ0v) is 35.9. The Kier molecular flexibility index (Phi) is 7.62. The van der Waals surface area contributed by atoms with Crippen LogP contribution in [0, 0.1) is 0 Å². The Morgan fingerprint density at radius 3 is 1.82 bits per heavy atom. The molecule has 280 valence electrons. The van der Waals surface area contributed by atoms with Gasteiger partial charge in [0, 0.05) is 37.4 Å². The highest BCUT2D eigenvalue weighted by molar-refractivity contribution is 7.33. The molecule has 4 aromatic carbocycles. The van der Waals surface area contributed by atoms with Crippen molar-refractivity contribution in [2.75, 3.05) is 9.80 Å². The maximum absolute atomic E-state index is 5.30. The van der Waals surface area contributed by atoms with Crippen LogP contribution in [0.15, 0.2) is 85.2 Å². The van der Waals surface area contributed by atoms with Crippen molar-refractivity contribution >= 4 is 78.2 Å². The molecule has 0 spiro atoms. The number of benzene rings is 4. The SMILES string of the molecule is CC(C)(C)c1ccc(N2c3ccc(C(C)(C)C)cc3B3c4sc5ccc(C(C)(C)C)cc5c4N(c4ccc5c(c4)C(C)(C)CC5(C)C)c4ncnc2c43)cc1. The van der Waals surface area contributed by atoms with E-state index in [0.717, 1.165) is 23.7 Å². The van der Waals surface area contributed by atoms with Crippen LogP contribution in [0.1, 0.15) is 124 Å². The van der Waals surface area contributed by atoms with Gasteiger partial charge in [-0.3, -0.25) is 9.80 Å². The summed E-state index contributed by atoms with van der Waals surface area (Å²) in [5, 5.41) is 1.30. The second kappa shape index (κ2) is 11.6. The third-order valence-electron chi connectivity index (χ3n) is 12.6. The lowest BCUT2D eigenvalue weighted by atomic mass is 9.36. The third-order valence-corrected chi connectivity index (χ3v) is 13.9. The first-order valence-corrected chi connectivity index (χ1v) is 20.9. The summed E-state index contributed by atoms with van der Waals surface area (Å²) in [5.41, 5.74) is 14.4. The molecular formula is C49H55BN4S. The average molecular weight is 743 g/mol. The van der Waals surface area contributed by atoms with Gasteiger partial charge in [-0.15, -0.1) is 11.3 Å². The maximum Gasteiger partial charge on any atom is 0.268 e. The minimum Gasteiger partial charge on any atom is -0.296 e. The Labute approximate surface area is 333 Å². The topological polar surface area (TPSA) is 32.3 Å². The van der Waals surface area contributed by atoms with Crippen molar-refractivity contribution in [3.8, 4) is 0 Å². The zero-order chi connectivity index (χ0) is 39.2. The Hall–Kier alpha value is -4.42. The Morgan fingerprint density at radius 2 is 1.16 bits per heavy atom. The van der Waals surface area contributed by atoms with E-state index in [1.807, 2.05) is 11.3 Å². The second-order valence-electron chi connectivity index (χ2n) is 20.8. The number of hydrogen-bond acceptors (Lipinski definition) is 5. The molecule has 0 atom stereocenters. The van der Waals surface area contributed by atoms with Gasteiger partial charge in [0.25, 0.3) is 6.71 Å². The van der Waals surface area contributed by atoms with Gasteiger partial charge in [-0.25, -0.2) is 9.97 Å². The normalized spacial score (nSPS) is 16.9. The van der Waals surface area contributed by atoms with Crippen molar-refractivity contribution in [1.29, 1.82) is 0 Å². The fraction of sp³-hybridized carbons (Fsp3) is 0.388. The second-order valence-corrected chi connectivity index (χ2v) is 21.9. The van der Waals surface area contributed by atoms with Crippen molar-refractivity contribution in [2.24, 2.45) is 0 Å². The van der Waals surface area contributed by atoms with E-state index in [2.05, 4.69) is 179 Å². The van der Waals surface area contributed by atoms with Gasteiger partial charge in [0.15, 0.2) is 0 Å². The Bertz CT molecular complexity index is 2540. The van der Waals surface area contributed by atoms with Gasteiger partial charge in [0.2, 0.25) is 0 Å². The highest BCUT2D eigenvalue weighted by Gasteiger charge is 2.48. The number of hydrogen-bond donors (Lipinski definition) is 0. The molecule has 9 rings (SSSR count).